The standard InChI is InChI=1S/C40H38N2O9S2/c1-18-13-24-31(45)20-6-3-9-25-29(20)33(47)39(24,27(44)14-18)17-52-53-36-21-7-2-5-19-22-8-4-11-38(22,23-10-12-41-35(42-36)30(23)28(19)21)16-40(49)32(46)26(15-43)51-37(50-25)34(40)48/h2-3,5-7,9-10,12-14,22,24,26,32,34,36-37,43-44,46,48-49H,4,8,11,15-17H2,1H3,(H,41,42)/t22-,24-,26-,32-,34+,36+,37-,38+,39+,40+/m1/s1. The lowest BCUT2D eigenvalue weighted by molar-refractivity contribution is -0.318. The summed E-state index contributed by atoms with van der Waals surface area (Å²) in [7, 11) is 2.90. The van der Waals surface area contributed by atoms with Gasteiger partial charge < -0.3 is 40.3 Å². The minimum atomic E-state index is -2.25. The molecule has 4 aliphatic carbocycles. The van der Waals surface area contributed by atoms with Crippen molar-refractivity contribution in [3.8, 4) is 16.9 Å². The van der Waals surface area contributed by atoms with Crippen LogP contribution in [0, 0.1) is 11.3 Å². The van der Waals surface area contributed by atoms with Crippen molar-refractivity contribution < 1.29 is 44.6 Å². The fourth-order valence-corrected chi connectivity index (χ4v) is 13.5. The Labute approximate surface area is 312 Å². The Morgan fingerprint density at radius 1 is 1.04 bits per heavy atom. The number of aromatic nitrogens is 1. The Bertz CT molecular complexity index is 2190. The summed E-state index contributed by atoms with van der Waals surface area (Å²) < 4.78 is 12.3. The topological polar surface area (TPSA) is 179 Å². The number of aliphatic hydroxyl groups excluding tert-OH is 4. The molecule has 0 amide bonds. The van der Waals surface area contributed by atoms with Crippen LogP contribution in [-0.4, -0.2) is 84.6 Å². The van der Waals surface area contributed by atoms with Crippen LogP contribution in [0.5, 0.6) is 5.75 Å². The third-order valence-electron chi connectivity index (χ3n) is 13.0. The van der Waals surface area contributed by atoms with Gasteiger partial charge in [0.1, 0.15) is 52.0 Å². The molecule has 6 N–H and O–H groups in total. The smallest absolute Gasteiger partial charge is 0.229 e. The molecule has 0 radical (unpaired) electrons. The summed E-state index contributed by atoms with van der Waals surface area (Å²) in [6.07, 6.45) is 0.687. The monoisotopic (exact) mass is 754 g/mol. The van der Waals surface area contributed by atoms with Crippen LogP contribution in [-0.2, 0) is 10.2 Å². The Morgan fingerprint density at radius 2 is 1.85 bits per heavy atom. The van der Waals surface area contributed by atoms with E-state index in [1.165, 1.54) is 33.7 Å². The van der Waals surface area contributed by atoms with Gasteiger partial charge in [-0.1, -0.05) is 70.0 Å². The van der Waals surface area contributed by atoms with E-state index in [1.807, 2.05) is 12.1 Å². The van der Waals surface area contributed by atoms with E-state index >= 15 is 4.79 Å². The van der Waals surface area contributed by atoms with Crippen LogP contribution in [0.2, 0.25) is 0 Å². The summed E-state index contributed by atoms with van der Waals surface area (Å²) in [6, 6.07) is 12.8. The Morgan fingerprint density at radius 3 is 2.68 bits per heavy atom. The van der Waals surface area contributed by atoms with Crippen molar-refractivity contribution in [1.29, 1.82) is 0 Å². The van der Waals surface area contributed by atoms with E-state index in [1.54, 1.807) is 31.3 Å². The normalized spacial score (nSPS) is 37.7. The van der Waals surface area contributed by atoms with E-state index in [2.05, 4.69) is 17.4 Å². The maximum atomic E-state index is 15.0. The number of ether oxygens (including phenoxy) is 2. The SMILES string of the molecule is CC1=C[C@@H]2C(=O)c3cccc4c3C(=O)[C@]2(CSS[C@@H]2Nc3nccc5c3-c3c(cccc32)[C@H]2CCC[C@@]52C[C@]2(O)[C@H](O)[C@@H](CO)O[C@@H](O4)[C@@H]2O)C(O)=C1. The van der Waals surface area contributed by atoms with Crippen LogP contribution in [0.3, 0.4) is 0 Å². The number of rotatable bonds is 1. The minimum absolute atomic E-state index is 0.0488. The average Bonchev–Trinajstić information content (AvgIpc) is 3.58. The van der Waals surface area contributed by atoms with Crippen molar-refractivity contribution in [2.75, 3.05) is 17.7 Å². The van der Waals surface area contributed by atoms with E-state index in [4.69, 9.17) is 14.5 Å². The second-order valence-corrected chi connectivity index (χ2v) is 18.0. The third-order valence-corrected chi connectivity index (χ3v) is 15.6. The van der Waals surface area contributed by atoms with Crippen molar-refractivity contribution in [2.45, 2.75) is 79.5 Å². The lowest BCUT2D eigenvalue weighted by atomic mass is 9.57. The zero-order chi connectivity index (χ0) is 36.6. The highest BCUT2D eigenvalue weighted by Crippen LogP contribution is 2.66. The predicted octanol–water partition coefficient (Wildman–Crippen LogP) is 5.11. The van der Waals surface area contributed by atoms with Gasteiger partial charge in [0, 0.05) is 28.5 Å². The second kappa shape index (κ2) is 11.7. The average molecular weight is 755 g/mol. The van der Waals surface area contributed by atoms with Gasteiger partial charge in [0.2, 0.25) is 6.29 Å². The number of ketones is 2. The molecule has 2 aromatic carbocycles. The first-order valence-corrected chi connectivity index (χ1v) is 20.4. The van der Waals surface area contributed by atoms with Crippen LogP contribution in [0.25, 0.3) is 11.1 Å². The summed E-state index contributed by atoms with van der Waals surface area (Å²) in [6.45, 7) is 1.08. The molecule has 12 bridgehead atoms. The van der Waals surface area contributed by atoms with Crippen molar-refractivity contribution in [2.24, 2.45) is 11.3 Å². The molecular weight excluding hydrogens is 717 g/mol. The molecule has 5 heterocycles. The largest absolute Gasteiger partial charge is 0.511 e. The van der Waals surface area contributed by atoms with Crippen LogP contribution in [0.1, 0.15) is 81.3 Å². The first-order valence-electron chi connectivity index (χ1n) is 18.0. The fraction of sp³-hybridized carbons (Fsp3) is 0.425. The minimum Gasteiger partial charge on any atom is -0.511 e. The zero-order valence-electron chi connectivity index (χ0n) is 28.7. The van der Waals surface area contributed by atoms with Gasteiger partial charge in [0.05, 0.1) is 18.1 Å². The van der Waals surface area contributed by atoms with E-state index in [-0.39, 0.29) is 51.9 Å². The summed E-state index contributed by atoms with van der Waals surface area (Å²) in [5.41, 5.74) is 1.15. The number of Topliss-reactive ketones (excluding diaryl/α,β-unsaturated/α-hetero) is 2. The van der Waals surface area contributed by atoms with Crippen molar-refractivity contribution in [3.05, 3.63) is 100.0 Å². The van der Waals surface area contributed by atoms with Crippen molar-refractivity contribution >= 4 is 39.0 Å². The Kier molecular flexibility index (Phi) is 7.44. The van der Waals surface area contributed by atoms with Gasteiger partial charge in [0.15, 0.2) is 11.6 Å². The molecule has 1 aromatic heterocycles. The third kappa shape index (κ3) is 4.35. The van der Waals surface area contributed by atoms with Gasteiger partial charge in [-0.2, -0.15) is 0 Å². The molecule has 4 aliphatic heterocycles. The molecule has 2 spiro atoms. The van der Waals surface area contributed by atoms with Gasteiger partial charge in [-0.05, 0) is 72.6 Å². The number of nitrogens with one attached hydrogen (secondary N) is 1. The van der Waals surface area contributed by atoms with E-state index < -0.39 is 59.3 Å². The summed E-state index contributed by atoms with van der Waals surface area (Å²) >= 11 is 0. The molecule has 1 saturated heterocycles. The van der Waals surface area contributed by atoms with E-state index in [0.717, 1.165) is 40.7 Å². The molecule has 0 unspecified atom stereocenters. The highest BCUT2D eigenvalue weighted by Gasteiger charge is 2.63. The molecule has 1 saturated carbocycles. The number of carbonyl (C=O) groups is 2. The number of nitrogens with zero attached hydrogens (tertiary/aromatic N) is 1. The number of aliphatic hydroxyl groups is 5. The maximum absolute atomic E-state index is 15.0. The number of fused-ring (bicyclic) bond motifs is 2. The number of hydrogen-bond acceptors (Lipinski definition) is 13. The molecule has 10 atom stereocenters. The van der Waals surface area contributed by atoms with E-state index in [0.29, 0.717) is 17.8 Å². The van der Waals surface area contributed by atoms with Gasteiger partial charge in [-0.25, -0.2) is 4.98 Å². The molecule has 3 aromatic rings. The van der Waals surface area contributed by atoms with Crippen LogP contribution >= 0.6 is 21.6 Å². The van der Waals surface area contributed by atoms with Crippen molar-refractivity contribution in [1.82, 2.24) is 4.98 Å². The number of carbonyl (C=O) groups excluding carboxylic acids is 2. The van der Waals surface area contributed by atoms with Crippen LogP contribution in [0.4, 0.5) is 5.82 Å². The molecule has 11 nitrogen and oxygen atoms in total. The summed E-state index contributed by atoms with van der Waals surface area (Å²) in [4.78, 5) is 34.2. The lowest BCUT2D eigenvalue weighted by Crippen LogP contribution is -2.69. The number of pyridine rings is 1. The Balaban J connectivity index is 1.21. The fourth-order valence-electron chi connectivity index (χ4n) is 10.6. The lowest BCUT2D eigenvalue weighted by Gasteiger charge is -2.54. The van der Waals surface area contributed by atoms with Crippen LogP contribution < -0.4 is 10.1 Å². The molecule has 11 rings (SSSR count). The highest BCUT2D eigenvalue weighted by atomic mass is 33.1. The molecular formula is C40H38N2O9S2. The molecule has 13 heteroatoms. The molecule has 2 fully saturated rings. The number of hydrogen-bond donors (Lipinski definition) is 6. The molecule has 8 aliphatic rings. The van der Waals surface area contributed by atoms with Crippen molar-refractivity contribution in [3.63, 3.8) is 0 Å². The van der Waals surface area contributed by atoms with Gasteiger partial charge in [-0.3, -0.25) is 9.59 Å². The summed E-state index contributed by atoms with van der Waals surface area (Å²) in [5.74, 6) is -1.52. The first-order chi connectivity index (χ1) is 25.5. The van der Waals surface area contributed by atoms with Gasteiger partial charge >= 0.3 is 0 Å². The number of anilines is 1. The van der Waals surface area contributed by atoms with Crippen LogP contribution in [0.15, 0.2) is 72.1 Å². The van der Waals surface area contributed by atoms with Gasteiger partial charge in [0.25, 0.3) is 0 Å². The highest BCUT2D eigenvalue weighted by molar-refractivity contribution is 8.76. The predicted molar refractivity (Wildman–Crippen MR) is 198 cm³/mol. The second-order valence-electron chi connectivity index (χ2n) is 15.5. The van der Waals surface area contributed by atoms with E-state index in [9.17, 15) is 30.3 Å². The molecule has 53 heavy (non-hydrogen) atoms. The zero-order valence-corrected chi connectivity index (χ0v) is 30.3. The Hall–Kier alpha value is -3.69. The molecule has 274 valence electrons. The number of allylic oxidation sites excluding steroid dienone is 4. The quantitative estimate of drug-likeness (QED) is 0.181. The maximum Gasteiger partial charge on any atom is 0.229 e. The summed E-state index contributed by atoms with van der Waals surface area (Å²) in [5, 5.41) is 62.3. The van der Waals surface area contributed by atoms with Gasteiger partial charge in [-0.15, -0.1) is 0 Å². The first kappa shape index (κ1) is 33.8. The number of benzene rings is 2.